The van der Waals surface area contributed by atoms with Crippen LogP contribution in [0.2, 0.25) is 0 Å². The number of nitrogens with zero attached hydrogens (tertiary/aromatic N) is 1. The predicted octanol–water partition coefficient (Wildman–Crippen LogP) is 0.995. The molecule has 29 heavy (non-hydrogen) atoms. The Bertz CT molecular complexity index is 861. The fourth-order valence-corrected chi connectivity index (χ4v) is 2.23. The van der Waals surface area contributed by atoms with Crippen LogP contribution in [0.3, 0.4) is 0 Å². The normalized spacial score (nSPS) is 10.5. The first-order chi connectivity index (χ1) is 14.0. The fraction of sp³-hybridized carbons (Fsp3) is 0.238. The molecule has 2 N–H and O–H groups in total. The van der Waals surface area contributed by atoms with Crippen molar-refractivity contribution in [2.24, 2.45) is 5.10 Å². The van der Waals surface area contributed by atoms with E-state index in [-0.39, 0.29) is 12.2 Å². The Morgan fingerprint density at radius 2 is 1.72 bits per heavy atom. The minimum Gasteiger partial charge on any atom is -0.545 e. The maximum absolute atomic E-state index is 11.6. The molecule has 0 aliphatic carbocycles. The van der Waals surface area contributed by atoms with Gasteiger partial charge in [0.05, 0.1) is 12.2 Å². The smallest absolute Gasteiger partial charge is 0.329 e. The summed E-state index contributed by atoms with van der Waals surface area (Å²) in [4.78, 5) is 33.8. The van der Waals surface area contributed by atoms with Crippen LogP contribution in [0.1, 0.15) is 41.3 Å². The van der Waals surface area contributed by atoms with Crippen LogP contribution < -0.4 is 20.6 Å². The average molecular weight is 396 g/mol. The third-order valence-corrected chi connectivity index (χ3v) is 3.88. The van der Waals surface area contributed by atoms with Crippen LogP contribution >= 0.6 is 0 Å². The van der Waals surface area contributed by atoms with Gasteiger partial charge < -0.3 is 20.0 Å². The van der Waals surface area contributed by atoms with E-state index in [1.807, 2.05) is 6.92 Å². The van der Waals surface area contributed by atoms with Gasteiger partial charge in [-0.1, -0.05) is 37.6 Å². The van der Waals surface area contributed by atoms with Crippen molar-refractivity contribution in [2.75, 3.05) is 6.54 Å². The van der Waals surface area contributed by atoms with E-state index in [0.717, 1.165) is 18.4 Å². The first-order valence-corrected chi connectivity index (χ1v) is 9.14. The Hall–Kier alpha value is -3.68. The quantitative estimate of drug-likeness (QED) is 0.284. The summed E-state index contributed by atoms with van der Waals surface area (Å²) in [6, 6.07) is 13.2. The van der Waals surface area contributed by atoms with Gasteiger partial charge in [0.2, 0.25) is 0 Å². The minimum absolute atomic E-state index is 0.114. The van der Waals surface area contributed by atoms with E-state index in [2.05, 4.69) is 15.8 Å². The summed E-state index contributed by atoms with van der Waals surface area (Å²) in [6.45, 7) is 2.72. The second-order valence-corrected chi connectivity index (χ2v) is 6.15. The zero-order chi connectivity index (χ0) is 21.1. The molecular weight excluding hydrogens is 374 g/mol. The highest BCUT2D eigenvalue weighted by Crippen LogP contribution is 2.14. The molecule has 0 unspecified atom stereocenters. The number of ether oxygens (including phenoxy) is 1. The van der Waals surface area contributed by atoms with Crippen LogP contribution in [0, 0.1) is 0 Å². The molecule has 0 saturated heterocycles. The van der Waals surface area contributed by atoms with Gasteiger partial charge in [0.15, 0.2) is 0 Å². The van der Waals surface area contributed by atoms with Crippen LogP contribution in [-0.2, 0) is 16.2 Å². The number of aromatic carboxylic acids is 1. The molecule has 2 amide bonds. The lowest BCUT2D eigenvalue weighted by molar-refractivity contribution is -0.255. The number of unbranched alkanes of at least 4 members (excludes halogenated alkanes) is 1. The van der Waals surface area contributed by atoms with Crippen molar-refractivity contribution in [3.8, 4) is 5.75 Å². The molecule has 0 atom stereocenters. The van der Waals surface area contributed by atoms with E-state index in [4.69, 9.17) is 4.74 Å². The predicted molar refractivity (Wildman–Crippen MR) is 105 cm³/mol. The van der Waals surface area contributed by atoms with Gasteiger partial charge >= 0.3 is 11.8 Å². The van der Waals surface area contributed by atoms with Crippen molar-refractivity contribution in [2.45, 2.75) is 26.4 Å². The van der Waals surface area contributed by atoms with Gasteiger partial charge in [0.25, 0.3) is 0 Å². The Labute approximate surface area is 168 Å². The molecule has 0 aliphatic heterocycles. The summed E-state index contributed by atoms with van der Waals surface area (Å²) in [7, 11) is 0. The van der Waals surface area contributed by atoms with E-state index in [1.165, 1.54) is 18.3 Å². The molecule has 8 heteroatoms. The van der Waals surface area contributed by atoms with Crippen molar-refractivity contribution in [3.05, 3.63) is 65.2 Å². The molecule has 2 aromatic carbocycles. The van der Waals surface area contributed by atoms with E-state index in [1.54, 1.807) is 36.4 Å². The Morgan fingerprint density at radius 1 is 1.03 bits per heavy atom. The van der Waals surface area contributed by atoms with Gasteiger partial charge in [-0.3, -0.25) is 9.59 Å². The number of carboxylic acids is 1. The van der Waals surface area contributed by atoms with Crippen LogP contribution in [0.15, 0.2) is 53.6 Å². The molecule has 152 valence electrons. The van der Waals surface area contributed by atoms with E-state index >= 15 is 0 Å². The fourth-order valence-electron chi connectivity index (χ4n) is 2.23. The number of hydrogen-bond acceptors (Lipinski definition) is 6. The van der Waals surface area contributed by atoms with Gasteiger partial charge in [0, 0.05) is 6.54 Å². The highest BCUT2D eigenvalue weighted by atomic mass is 16.5. The Balaban J connectivity index is 1.79. The van der Waals surface area contributed by atoms with E-state index in [0.29, 0.717) is 17.9 Å². The number of benzene rings is 2. The third kappa shape index (κ3) is 7.45. The maximum atomic E-state index is 11.6. The summed E-state index contributed by atoms with van der Waals surface area (Å²) in [5.41, 5.74) is 3.82. The van der Waals surface area contributed by atoms with Crippen molar-refractivity contribution < 1.29 is 24.2 Å². The topological polar surface area (TPSA) is 120 Å². The van der Waals surface area contributed by atoms with Crippen molar-refractivity contribution >= 4 is 24.0 Å². The van der Waals surface area contributed by atoms with Crippen molar-refractivity contribution in [3.63, 3.8) is 0 Å². The van der Waals surface area contributed by atoms with E-state index < -0.39 is 17.8 Å². The molecule has 2 aromatic rings. The molecule has 8 nitrogen and oxygen atoms in total. The number of rotatable bonds is 9. The summed E-state index contributed by atoms with van der Waals surface area (Å²) < 4.78 is 5.64. The number of carbonyl (C=O) groups excluding carboxylic acids is 3. The molecule has 0 saturated carbocycles. The molecular formula is C21H22N3O5-. The molecule has 0 fully saturated rings. The summed E-state index contributed by atoms with van der Waals surface area (Å²) in [5.74, 6) is -2.14. The third-order valence-electron chi connectivity index (χ3n) is 3.88. The first-order valence-electron chi connectivity index (χ1n) is 9.14. The lowest BCUT2D eigenvalue weighted by atomic mass is 10.1. The highest BCUT2D eigenvalue weighted by Gasteiger charge is 2.10. The van der Waals surface area contributed by atoms with Gasteiger partial charge in [-0.2, -0.15) is 5.10 Å². The molecule has 0 aromatic heterocycles. The zero-order valence-corrected chi connectivity index (χ0v) is 16.0. The van der Waals surface area contributed by atoms with Crippen LogP contribution in [0.5, 0.6) is 5.75 Å². The molecule has 0 spiro atoms. The van der Waals surface area contributed by atoms with Gasteiger partial charge in [0.1, 0.15) is 12.4 Å². The number of nitrogens with one attached hydrogen (secondary N) is 2. The van der Waals surface area contributed by atoms with Gasteiger partial charge in [-0.25, -0.2) is 5.43 Å². The largest absolute Gasteiger partial charge is 0.545 e. The SMILES string of the molecule is CCCCNC(=O)C(=O)N/N=C\c1ccc(OCc2ccc(C(=O)[O-])cc2)cc1. The average Bonchev–Trinajstić information content (AvgIpc) is 2.73. The molecule has 0 heterocycles. The van der Waals surface area contributed by atoms with Crippen molar-refractivity contribution in [1.82, 2.24) is 10.7 Å². The number of carboxylic acid groups (broad SMARTS) is 1. The molecule has 2 rings (SSSR count). The molecule has 0 aliphatic rings. The lowest BCUT2D eigenvalue weighted by Crippen LogP contribution is -2.38. The van der Waals surface area contributed by atoms with E-state index in [9.17, 15) is 19.5 Å². The number of amides is 2. The first kappa shape index (κ1) is 21.6. The summed E-state index contributed by atoms with van der Waals surface area (Å²) in [5, 5.41) is 17.0. The minimum atomic E-state index is -1.22. The van der Waals surface area contributed by atoms with Crippen LogP contribution in [-0.4, -0.2) is 30.5 Å². The Kier molecular flexibility index (Phi) is 8.37. The van der Waals surface area contributed by atoms with Gasteiger partial charge in [-0.15, -0.1) is 0 Å². The van der Waals surface area contributed by atoms with Crippen LogP contribution in [0.25, 0.3) is 0 Å². The zero-order valence-electron chi connectivity index (χ0n) is 16.0. The number of hydrogen-bond donors (Lipinski definition) is 2. The second-order valence-electron chi connectivity index (χ2n) is 6.15. The Morgan fingerprint density at radius 3 is 2.34 bits per heavy atom. The van der Waals surface area contributed by atoms with Crippen molar-refractivity contribution in [1.29, 1.82) is 0 Å². The molecule has 0 bridgehead atoms. The maximum Gasteiger partial charge on any atom is 0.329 e. The van der Waals surface area contributed by atoms with Gasteiger partial charge in [-0.05, 0) is 47.4 Å². The second kappa shape index (κ2) is 11.2. The standard InChI is InChI=1S/C21H23N3O5/c1-2-3-12-22-19(25)20(26)24-23-13-15-6-10-18(11-7-15)29-14-16-4-8-17(9-5-16)21(27)28/h4-11,13H,2-3,12,14H2,1H3,(H,22,25)(H,24,26)(H,27,28)/p-1/b23-13-. The number of carbonyl (C=O) groups is 3. The lowest BCUT2D eigenvalue weighted by Gasteiger charge is -2.08. The highest BCUT2D eigenvalue weighted by molar-refractivity contribution is 6.35. The van der Waals surface area contributed by atoms with Crippen LogP contribution in [0.4, 0.5) is 0 Å². The molecule has 0 radical (unpaired) electrons. The summed E-state index contributed by atoms with van der Waals surface area (Å²) in [6.07, 6.45) is 3.15. The summed E-state index contributed by atoms with van der Waals surface area (Å²) >= 11 is 0. The number of hydrazone groups is 1. The monoisotopic (exact) mass is 396 g/mol.